The second kappa shape index (κ2) is 11.8. The second-order valence-electron chi connectivity index (χ2n) is 7.65. The minimum atomic E-state index is -0.596. The number of aliphatic hydroxyl groups excluding tert-OH is 3. The fourth-order valence-corrected chi connectivity index (χ4v) is 3.78. The lowest BCUT2D eigenvalue weighted by Crippen LogP contribution is -2.20. The van der Waals surface area contributed by atoms with Crippen LogP contribution in [-0.2, 0) is 11.2 Å². The fraction of sp³-hybridized carbons (Fsp3) is 0.522. The molecule has 1 amide bonds. The highest BCUT2D eigenvalue weighted by Gasteiger charge is 2.39. The summed E-state index contributed by atoms with van der Waals surface area (Å²) in [4.78, 5) is 10.7. The number of allylic oxidation sites excluding steroid dienone is 2. The van der Waals surface area contributed by atoms with Gasteiger partial charge < -0.3 is 21.1 Å². The van der Waals surface area contributed by atoms with Crippen molar-refractivity contribution in [3.05, 3.63) is 60.2 Å². The zero-order valence-electron chi connectivity index (χ0n) is 16.4. The first-order chi connectivity index (χ1) is 13.5. The summed E-state index contributed by atoms with van der Waals surface area (Å²) >= 11 is 0. The van der Waals surface area contributed by atoms with E-state index in [1.165, 1.54) is 5.56 Å². The maximum absolute atomic E-state index is 10.7. The number of aliphatic hydroxyl groups is 3. The van der Waals surface area contributed by atoms with Crippen molar-refractivity contribution < 1.29 is 20.1 Å². The summed E-state index contributed by atoms with van der Waals surface area (Å²) in [5.74, 6) is -0.532. The van der Waals surface area contributed by atoms with Crippen LogP contribution >= 0.6 is 0 Å². The van der Waals surface area contributed by atoms with Gasteiger partial charge in [-0.15, -0.1) is 0 Å². The molecular weight excluding hydrogens is 354 g/mol. The molecule has 1 unspecified atom stereocenters. The summed E-state index contributed by atoms with van der Waals surface area (Å²) in [6.07, 6.45) is 10.2. The molecule has 1 aliphatic carbocycles. The molecule has 1 fully saturated rings. The lowest BCUT2D eigenvalue weighted by molar-refractivity contribution is -0.118. The maximum Gasteiger partial charge on any atom is 0.217 e. The van der Waals surface area contributed by atoms with Crippen LogP contribution < -0.4 is 5.73 Å². The van der Waals surface area contributed by atoms with E-state index in [0.29, 0.717) is 25.7 Å². The summed E-state index contributed by atoms with van der Waals surface area (Å²) < 4.78 is 0. The number of rotatable bonds is 11. The fourth-order valence-electron chi connectivity index (χ4n) is 3.78. The van der Waals surface area contributed by atoms with E-state index >= 15 is 0 Å². The molecule has 5 atom stereocenters. The third kappa shape index (κ3) is 7.58. The summed E-state index contributed by atoms with van der Waals surface area (Å²) in [6.45, 7) is 0. The molecule has 0 heterocycles. The monoisotopic (exact) mass is 387 g/mol. The summed E-state index contributed by atoms with van der Waals surface area (Å²) in [6, 6.07) is 10.0. The summed E-state index contributed by atoms with van der Waals surface area (Å²) in [7, 11) is 0. The third-order valence-electron chi connectivity index (χ3n) is 5.41. The molecule has 5 nitrogen and oxygen atoms in total. The van der Waals surface area contributed by atoms with Crippen LogP contribution in [0.1, 0.15) is 44.1 Å². The molecule has 0 aromatic heterocycles. The van der Waals surface area contributed by atoms with E-state index in [9.17, 15) is 20.1 Å². The topological polar surface area (TPSA) is 104 Å². The molecule has 5 heteroatoms. The van der Waals surface area contributed by atoms with Crippen LogP contribution in [-0.4, -0.2) is 39.5 Å². The van der Waals surface area contributed by atoms with Crippen molar-refractivity contribution >= 4 is 5.91 Å². The van der Waals surface area contributed by atoms with Gasteiger partial charge in [0.1, 0.15) is 0 Å². The average Bonchev–Trinajstić information content (AvgIpc) is 2.94. The molecule has 28 heavy (non-hydrogen) atoms. The van der Waals surface area contributed by atoms with Gasteiger partial charge in [0.15, 0.2) is 0 Å². The number of amides is 1. The smallest absolute Gasteiger partial charge is 0.217 e. The zero-order valence-corrected chi connectivity index (χ0v) is 16.4. The van der Waals surface area contributed by atoms with E-state index in [0.717, 1.165) is 19.3 Å². The van der Waals surface area contributed by atoms with E-state index in [1.807, 2.05) is 48.6 Å². The SMILES string of the molecule is NC(=O)CCC/C=C\C[C@@H]1C(/C=C/[C@@H](O)CCc2ccccc2)[C@H](O)C[C@@H]1O. The molecule has 1 aromatic rings. The number of carbonyl (C=O) groups excluding carboxylic acids is 1. The minimum absolute atomic E-state index is 0.0695. The normalized spacial score (nSPS) is 26.2. The number of carbonyl (C=O) groups is 1. The number of hydrogen-bond acceptors (Lipinski definition) is 4. The Balaban J connectivity index is 1.82. The van der Waals surface area contributed by atoms with Crippen LogP contribution in [0.25, 0.3) is 0 Å². The first kappa shape index (κ1) is 22.3. The molecule has 1 aromatic carbocycles. The van der Waals surface area contributed by atoms with Gasteiger partial charge in [0, 0.05) is 18.8 Å². The van der Waals surface area contributed by atoms with Crippen molar-refractivity contribution in [3.63, 3.8) is 0 Å². The molecule has 154 valence electrons. The molecular formula is C23H33NO4. The predicted molar refractivity (Wildman–Crippen MR) is 110 cm³/mol. The maximum atomic E-state index is 10.7. The van der Waals surface area contributed by atoms with Crippen molar-refractivity contribution in [2.45, 2.75) is 63.3 Å². The Bertz CT molecular complexity index is 643. The van der Waals surface area contributed by atoms with Crippen LogP contribution in [0.15, 0.2) is 54.6 Å². The van der Waals surface area contributed by atoms with Crippen LogP contribution in [0.5, 0.6) is 0 Å². The van der Waals surface area contributed by atoms with E-state index < -0.39 is 18.3 Å². The summed E-state index contributed by atoms with van der Waals surface area (Å²) in [5.41, 5.74) is 6.30. The Morgan fingerprint density at radius 3 is 2.64 bits per heavy atom. The Hall–Kier alpha value is -1.95. The minimum Gasteiger partial charge on any atom is -0.393 e. The lowest BCUT2D eigenvalue weighted by Gasteiger charge is -2.19. The molecule has 5 N–H and O–H groups in total. The summed E-state index contributed by atoms with van der Waals surface area (Å²) in [5, 5.41) is 30.8. The first-order valence-electron chi connectivity index (χ1n) is 10.2. The van der Waals surface area contributed by atoms with Crippen molar-refractivity contribution in [2.75, 3.05) is 0 Å². The van der Waals surface area contributed by atoms with E-state index in [1.54, 1.807) is 6.08 Å². The molecule has 1 saturated carbocycles. The standard InChI is InChI=1S/C23H33NO4/c24-23(28)11-7-2-1-6-10-19-20(22(27)16-21(19)26)15-14-18(25)13-12-17-8-4-3-5-9-17/h1,3-6,8-9,14-15,18-22,25-27H,2,7,10-13,16H2,(H2,24,28)/b6-1-,15-14+/t18-,19+,20?,21-,22+/m0/s1. The number of aryl methyl sites for hydroxylation is 1. The van der Waals surface area contributed by atoms with Gasteiger partial charge in [-0.3, -0.25) is 4.79 Å². The van der Waals surface area contributed by atoms with Gasteiger partial charge in [0.25, 0.3) is 0 Å². The van der Waals surface area contributed by atoms with Crippen molar-refractivity contribution in [1.82, 2.24) is 0 Å². The molecule has 0 bridgehead atoms. The Kier molecular flexibility index (Phi) is 9.41. The third-order valence-corrected chi connectivity index (χ3v) is 5.41. The van der Waals surface area contributed by atoms with Gasteiger partial charge in [0.05, 0.1) is 18.3 Å². The number of unbranched alkanes of at least 4 members (excludes halogenated alkanes) is 1. The van der Waals surface area contributed by atoms with E-state index in [2.05, 4.69) is 0 Å². The van der Waals surface area contributed by atoms with E-state index in [-0.39, 0.29) is 17.7 Å². The molecule has 0 aliphatic heterocycles. The molecule has 0 spiro atoms. The van der Waals surface area contributed by atoms with Crippen LogP contribution in [0.2, 0.25) is 0 Å². The van der Waals surface area contributed by atoms with Crippen molar-refractivity contribution in [3.8, 4) is 0 Å². The van der Waals surface area contributed by atoms with Crippen LogP contribution in [0, 0.1) is 11.8 Å². The Labute approximate surface area is 167 Å². The Morgan fingerprint density at radius 1 is 1.18 bits per heavy atom. The highest BCUT2D eigenvalue weighted by Crippen LogP contribution is 2.36. The van der Waals surface area contributed by atoms with Crippen molar-refractivity contribution in [1.29, 1.82) is 0 Å². The van der Waals surface area contributed by atoms with Gasteiger partial charge in [0.2, 0.25) is 5.91 Å². The van der Waals surface area contributed by atoms with Gasteiger partial charge in [-0.2, -0.15) is 0 Å². The average molecular weight is 388 g/mol. The molecule has 0 radical (unpaired) electrons. The largest absolute Gasteiger partial charge is 0.393 e. The highest BCUT2D eigenvalue weighted by atomic mass is 16.3. The van der Waals surface area contributed by atoms with Crippen molar-refractivity contribution in [2.24, 2.45) is 17.6 Å². The number of hydrogen-bond donors (Lipinski definition) is 4. The highest BCUT2D eigenvalue weighted by molar-refractivity contribution is 5.73. The first-order valence-corrected chi connectivity index (χ1v) is 10.2. The molecule has 1 aliphatic rings. The number of primary amides is 1. The number of benzene rings is 1. The van der Waals surface area contributed by atoms with Crippen LogP contribution in [0.4, 0.5) is 0 Å². The number of nitrogens with two attached hydrogens (primary N) is 1. The van der Waals surface area contributed by atoms with Gasteiger partial charge in [-0.25, -0.2) is 0 Å². The van der Waals surface area contributed by atoms with E-state index in [4.69, 9.17) is 5.73 Å². The van der Waals surface area contributed by atoms with Gasteiger partial charge in [-0.05, 0) is 43.6 Å². The molecule has 0 saturated heterocycles. The lowest BCUT2D eigenvalue weighted by atomic mass is 9.89. The predicted octanol–water partition coefficient (Wildman–Crippen LogP) is 2.50. The van der Waals surface area contributed by atoms with Gasteiger partial charge >= 0.3 is 0 Å². The Morgan fingerprint density at radius 2 is 1.93 bits per heavy atom. The molecule has 2 rings (SSSR count). The second-order valence-corrected chi connectivity index (χ2v) is 7.65. The van der Waals surface area contributed by atoms with Gasteiger partial charge in [-0.1, -0.05) is 54.6 Å². The van der Waals surface area contributed by atoms with Crippen LogP contribution in [0.3, 0.4) is 0 Å². The quantitative estimate of drug-likeness (QED) is 0.346. The zero-order chi connectivity index (χ0) is 20.4.